The van der Waals surface area contributed by atoms with Gasteiger partial charge in [-0.2, -0.15) is 0 Å². The second-order valence-electron chi connectivity index (χ2n) is 39.3. The fourth-order valence-corrected chi connectivity index (χ4v) is 29.4. The van der Waals surface area contributed by atoms with Crippen LogP contribution in [-0.2, 0) is 66.5 Å². The molecule has 0 heterocycles. The number of benzene rings is 4. The van der Waals surface area contributed by atoms with Crippen molar-refractivity contribution in [3.05, 3.63) is 115 Å². The molecule has 8 unspecified atom stereocenters. The predicted molar refractivity (Wildman–Crippen MR) is 403 cm³/mol. The Hall–Kier alpha value is -6.04. The van der Waals surface area contributed by atoms with Crippen molar-refractivity contribution in [2.24, 2.45) is 69.0 Å². The average molecular weight is 1420 g/mol. The van der Waals surface area contributed by atoms with E-state index in [4.69, 9.17) is 18.9 Å². The van der Waals surface area contributed by atoms with E-state index >= 15 is 0 Å². The highest BCUT2D eigenvalue weighted by atomic mass is 16.5. The van der Waals surface area contributed by atoms with Crippen molar-refractivity contribution in [1.29, 1.82) is 0 Å². The van der Waals surface area contributed by atoms with Gasteiger partial charge in [-0.05, 0) is 337 Å². The molecule has 12 heteroatoms. The number of unbranched alkanes of at least 4 members (excludes halogenated alkanes) is 4. The average Bonchev–Trinajstić information content (AvgIpc) is 0.722. The zero-order valence-corrected chi connectivity index (χ0v) is 63.4. The van der Waals surface area contributed by atoms with Gasteiger partial charge in [-0.25, -0.2) is 0 Å². The smallest absolute Gasteiger partial charge is 0.303 e. The molecule has 12 nitrogen and oxygen atoms in total. The van der Waals surface area contributed by atoms with Crippen LogP contribution in [0, 0.1) is 69.0 Å². The third-order valence-electron chi connectivity index (χ3n) is 30.8. The number of hydrogen-bond acceptors (Lipinski definition) is 8. The first-order chi connectivity index (χ1) is 50.0. The van der Waals surface area contributed by atoms with Crippen LogP contribution in [0.4, 0.5) is 0 Å². The molecule has 21 rings (SSSR count). The molecule has 17 aliphatic carbocycles. The monoisotopic (exact) mass is 1420 g/mol. The van der Waals surface area contributed by atoms with Gasteiger partial charge in [0.15, 0.2) is 0 Å². The van der Waals surface area contributed by atoms with Crippen LogP contribution >= 0.6 is 0 Å². The number of ether oxygens (including phenoxy) is 4. The summed E-state index contributed by atoms with van der Waals surface area (Å²) in [6.45, 7) is 11.2. The van der Waals surface area contributed by atoms with Gasteiger partial charge in [0, 0.05) is 25.7 Å². The normalized spacial score (nSPS) is 36.0. The summed E-state index contributed by atoms with van der Waals surface area (Å²) >= 11 is 0. The Labute approximate surface area is 619 Å². The molecule has 104 heavy (non-hydrogen) atoms. The molecule has 4 aromatic rings. The molecule has 8 atom stereocenters. The Kier molecular flexibility index (Phi) is 18.4. The summed E-state index contributed by atoms with van der Waals surface area (Å²) in [7, 11) is 0. The van der Waals surface area contributed by atoms with E-state index in [0.717, 1.165) is 247 Å². The van der Waals surface area contributed by atoms with Crippen molar-refractivity contribution in [3.8, 4) is 23.0 Å². The molecular formula is C92H120O12. The Morgan fingerprint density at radius 1 is 0.298 bits per heavy atom. The van der Waals surface area contributed by atoms with Crippen LogP contribution in [0.5, 0.6) is 23.0 Å². The highest BCUT2D eigenvalue weighted by molar-refractivity contribution is 5.70. The van der Waals surface area contributed by atoms with Gasteiger partial charge >= 0.3 is 23.9 Å². The van der Waals surface area contributed by atoms with E-state index in [1.54, 1.807) is 0 Å². The van der Waals surface area contributed by atoms with Crippen molar-refractivity contribution < 1.29 is 58.6 Å². The van der Waals surface area contributed by atoms with E-state index in [9.17, 15) is 39.6 Å². The highest BCUT2D eigenvalue weighted by Gasteiger charge is 2.63. The van der Waals surface area contributed by atoms with E-state index < -0.39 is 23.9 Å². The second-order valence-corrected chi connectivity index (χ2v) is 39.3. The molecule has 0 aliphatic heterocycles. The minimum Gasteiger partial charge on any atom is -0.493 e. The van der Waals surface area contributed by atoms with E-state index in [-0.39, 0.29) is 69.0 Å². The van der Waals surface area contributed by atoms with Crippen molar-refractivity contribution in [1.82, 2.24) is 0 Å². The van der Waals surface area contributed by atoms with E-state index in [0.29, 0.717) is 99.5 Å². The van der Waals surface area contributed by atoms with E-state index in [1.165, 1.54) is 47.9 Å². The maximum atomic E-state index is 13.2. The maximum Gasteiger partial charge on any atom is 0.303 e. The molecule has 4 aromatic carbocycles. The third-order valence-corrected chi connectivity index (χ3v) is 30.8. The number of rotatable bonds is 28. The molecule has 0 spiro atoms. The topological polar surface area (TPSA) is 186 Å². The fraction of sp³-hybridized carbons (Fsp3) is 0.696. The summed E-state index contributed by atoms with van der Waals surface area (Å²) in [6.07, 6.45) is 34.8. The Balaban J connectivity index is 0.949. The van der Waals surface area contributed by atoms with Crippen LogP contribution in [0.25, 0.3) is 0 Å². The van der Waals surface area contributed by atoms with Crippen LogP contribution in [0.3, 0.4) is 0 Å². The van der Waals surface area contributed by atoms with Gasteiger partial charge in [0.05, 0.1) is 52.1 Å². The molecule has 0 amide bonds. The SMILES string of the molecule is CCCCOc1c2cc(C34CC5CC(CC(CC(=O)O)(C5)C3)C4)cc1Cc1cc(C34CC5CC(CC(CC(=O)O)(C5)C3)C4)cc(c1OCCCC)Cc1cc(C34CC5CC(CC(CC(=O)O)(C5)C3)C4)cc(c1OCCCC)Cc1cc(C34CC5CC(CC(CC(=O)O)(C5)C3)C4)cc(c1OCCCC)C2. The van der Waals surface area contributed by atoms with Gasteiger partial charge in [-0.15, -0.1) is 0 Å². The molecule has 4 N–H and O–H groups in total. The number of hydrogen-bond donors (Lipinski definition) is 4. The van der Waals surface area contributed by atoms with E-state index in [1.807, 2.05) is 0 Å². The number of carboxylic acids is 4. The number of fused-ring (bicyclic) bond motifs is 8. The molecular weight excluding hydrogens is 1300 g/mol. The van der Waals surface area contributed by atoms with Gasteiger partial charge in [0.1, 0.15) is 23.0 Å². The van der Waals surface area contributed by atoms with Gasteiger partial charge in [0.2, 0.25) is 0 Å². The first kappa shape index (κ1) is 70.9. The van der Waals surface area contributed by atoms with Crippen molar-refractivity contribution in [2.45, 2.75) is 306 Å². The van der Waals surface area contributed by atoms with Gasteiger partial charge in [-0.3, -0.25) is 19.2 Å². The highest BCUT2D eigenvalue weighted by Crippen LogP contribution is 2.72. The number of aliphatic carboxylic acids is 4. The number of carboxylic acid groups (broad SMARTS) is 4. The molecule has 560 valence electrons. The second kappa shape index (κ2) is 27.0. The fourth-order valence-electron chi connectivity index (χ4n) is 29.4. The maximum absolute atomic E-state index is 13.2. The zero-order valence-electron chi connectivity index (χ0n) is 63.4. The minimum absolute atomic E-state index is 0.207. The molecule has 24 bridgehead atoms. The summed E-state index contributed by atoms with van der Waals surface area (Å²) in [6, 6.07) is 20.4. The van der Waals surface area contributed by atoms with Gasteiger partial charge in [-0.1, -0.05) is 102 Å². The molecule has 16 saturated carbocycles. The molecule has 0 radical (unpaired) electrons. The van der Waals surface area contributed by atoms with Crippen LogP contribution in [-0.4, -0.2) is 70.7 Å². The first-order valence-corrected chi connectivity index (χ1v) is 42.1. The predicted octanol–water partition coefficient (Wildman–Crippen LogP) is 20.3. The summed E-state index contributed by atoms with van der Waals surface area (Å²) in [5, 5.41) is 43.3. The number of carbonyl (C=O) groups is 4. The Morgan fingerprint density at radius 3 is 0.625 bits per heavy atom. The lowest BCUT2D eigenvalue weighted by molar-refractivity contribution is -0.148. The van der Waals surface area contributed by atoms with Crippen molar-refractivity contribution >= 4 is 23.9 Å². The molecule has 17 aliphatic rings. The summed E-state index contributed by atoms with van der Waals surface area (Å²) in [5.41, 5.74) is 12.5. The largest absolute Gasteiger partial charge is 0.493 e. The minimum atomic E-state index is -0.686. The van der Waals surface area contributed by atoms with Gasteiger partial charge < -0.3 is 39.4 Å². The lowest BCUT2D eigenvalue weighted by Crippen LogP contribution is -2.54. The van der Waals surface area contributed by atoms with Crippen LogP contribution in [0.1, 0.15) is 326 Å². The standard InChI is InChI=1S/C92H120O12/c1-5-9-13-101-81-65-21-67-27-74(90-43-59-18-60(44-90)36-86(35-59,54-90)50-78(95)96)29-69(82(67)102-14-10-6-2)23-71-31-76(92-47-63-20-64(48-92)40-88(39-63,56-92)52-80(99)100)32-72(84(71)104-16-12-8-4)24-70-30-75(91-45-61-19-62(46-91)38-87(37-61,55-91)51-79(97)98)28-68(83(70)103-15-11-7-3)22-66(81)26-73(25-65)89-41-57-17-58(42-89)34-85(33-57,53-89)49-77(93)94/h25-32,57-64H,5-24,33-56H2,1-4H3,(H,93,94)(H,95,96)(H,97,98)(H,99,100). The summed E-state index contributed by atoms with van der Waals surface area (Å²) in [5.74, 6) is 4.65. The molecule has 0 saturated heterocycles. The van der Waals surface area contributed by atoms with Crippen LogP contribution < -0.4 is 18.9 Å². The quantitative estimate of drug-likeness (QED) is 0.0348. The zero-order chi connectivity index (χ0) is 71.8. The lowest BCUT2D eigenvalue weighted by Gasteiger charge is -2.62. The molecule has 0 aromatic heterocycles. The molecule has 16 fully saturated rings. The van der Waals surface area contributed by atoms with E-state index in [2.05, 4.69) is 76.2 Å². The van der Waals surface area contributed by atoms with Gasteiger partial charge in [0.25, 0.3) is 0 Å². The van der Waals surface area contributed by atoms with Crippen molar-refractivity contribution in [2.75, 3.05) is 26.4 Å². The Morgan fingerprint density at radius 2 is 0.471 bits per heavy atom. The lowest BCUT2D eigenvalue weighted by atomic mass is 9.42. The van der Waals surface area contributed by atoms with Crippen LogP contribution in [0.2, 0.25) is 0 Å². The summed E-state index contributed by atoms with van der Waals surface area (Å²) < 4.78 is 30.4. The van der Waals surface area contributed by atoms with Crippen molar-refractivity contribution in [3.63, 3.8) is 0 Å². The first-order valence-electron chi connectivity index (χ1n) is 42.1. The summed E-state index contributed by atoms with van der Waals surface area (Å²) in [4.78, 5) is 52.7. The third kappa shape index (κ3) is 13.0. The van der Waals surface area contributed by atoms with Crippen LogP contribution in [0.15, 0.2) is 48.5 Å². The Bertz CT molecular complexity index is 3360.